The van der Waals surface area contributed by atoms with Gasteiger partial charge in [-0.15, -0.1) is 0 Å². The number of halogens is 1. The van der Waals surface area contributed by atoms with Crippen LogP contribution in [0.25, 0.3) is 0 Å². The smallest absolute Gasteiger partial charge is 0.270 e. The van der Waals surface area contributed by atoms with E-state index >= 15 is 0 Å². The number of hydrogen-bond donors (Lipinski definition) is 2. The van der Waals surface area contributed by atoms with Gasteiger partial charge >= 0.3 is 0 Å². The summed E-state index contributed by atoms with van der Waals surface area (Å²) in [6.07, 6.45) is 0. The summed E-state index contributed by atoms with van der Waals surface area (Å²) in [5.74, 6) is 0.615. The number of nitro benzene ring substituents is 1. The number of rotatable bonds is 4. The molecule has 2 atom stereocenters. The van der Waals surface area contributed by atoms with Gasteiger partial charge in [0.1, 0.15) is 4.90 Å². The summed E-state index contributed by atoms with van der Waals surface area (Å²) in [6, 6.07) is 3.29. The van der Waals surface area contributed by atoms with Crippen molar-refractivity contribution in [2.45, 2.75) is 10.9 Å². The van der Waals surface area contributed by atoms with E-state index in [-0.39, 0.29) is 21.6 Å². The lowest BCUT2D eigenvalue weighted by Crippen LogP contribution is -2.32. The van der Waals surface area contributed by atoms with E-state index in [9.17, 15) is 18.5 Å². The van der Waals surface area contributed by atoms with Crippen LogP contribution in [0.2, 0.25) is 5.02 Å². The molecule has 9 heteroatoms. The van der Waals surface area contributed by atoms with E-state index in [1.54, 1.807) is 0 Å². The molecule has 0 bridgehead atoms. The summed E-state index contributed by atoms with van der Waals surface area (Å²) < 4.78 is 27.1. The lowest BCUT2D eigenvalue weighted by Gasteiger charge is -2.10. The van der Waals surface area contributed by atoms with Gasteiger partial charge in [0.15, 0.2) is 0 Å². The van der Waals surface area contributed by atoms with Crippen LogP contribution in [-0.2, 0) is 10.0 Å². The van der Waals surface area contributed by atoms with Crippen molar-refractivity contribution < 1.29 is 13.3 Å². The van der Waals surface area contributed by atoms with Gasteiger partial charge in [-0.25, -0.2) is 13.1 Å². The minimum absolute atomic E-state index is 0.0213. The van der Waals surface area contributed by atoms with Crippen molar-refractivity contribution in [1.82, 2.24) is 10.0 Å². The van der Waals surface area contributed by atoms with Crippen molar-refractivity contribution in [2.24, 2.45) is 11.8 Å². The summed E-state index contributed by atoms with van der Waals surface area (Å²) in [7, 11) is -3.84. The first-order chi connectivity index (χ1) is 9.40. The Bertz CT molecular complexity index is 668. The highest BCUT2D eigenvalue weighted by Gasteiger charge is 2.54. The monoisotopic (exact) mass is 317 g/mol. The third kappa shape index (κ3) is 2.28. The molecule has 0 amide bonds. The molecule has 7 nitrogen and oxygen atoms in total. The standard InChI is InChI=1S/C11H12ClN3O4S/c12-9-2-1-6(15(16)17)3-10(9)20(18,19)14-11-7-4-13-5-8(7)11/h1-3,7-8,11,13-14H,4-5H2. The topological polar surface area (TPSA) is 101 Å². The Morgan fingerprint density at radius 3 is 2.60 bits per heavy atom. The van der Waals surface area contributed by atoms with E-state index in [0.717, 1.165) is 19.2 Å². The molecule has 1 aliphatic heterocycles. The van der Waals surface area contributed by atoms with E-state index in [1.807, 2.05) is 0 Å². The second kappa shape index (κ2) is 4.66. The van der Waals surface area contributed by atoms with Gasteiger partial charge in [0, 0.05) is 18.2 Å². The molecule has 1 saturated heterocycles. The fourth-order valence-corrected chi connectivity index (χ4v) is 4.51. The average molecular weight is 318 g/mol. The molecule has 2 unspecified atom stereocenters. The van der Waals surface area contributed by atoms with Crippen LogP contribution in [0.4, 0.5) is 5.69 Å². The lowest BCUT2D eigenvalue weighted by atomic mass is 10.3. The van der Waals surface area contributed by atoms with Crippen molar-refractivity contribution in [1.29, 1.82) is 0 Å². The first kappa shape index (κ1) is 13.7. The molecular formula is C11H12ClN3O4S. The Morgan fingerprint density at radius 2 is 2.00 bits per heavy atom. The number of nitro groups is 1. The predicted molar refractivity (Wildman–Crippen MR) is 72.1 cm³/mol. The Balaban J connectivity index is 1.87. The average Bonchev–Trinajstić information content (AvgIpc) is 2.83. The fourth-order valence-electron chi connectivity index (χ4n) is 2.65. The second-order valence-corrected chi connectivity index (χ2v) is 7.09. The van der Waals surface area contributed by atoms with Gasteiger partial charge in [-0.05, 0) is 31.0 Å². The number of fused-ring (bicyclic) bond motifs is 1. The number of hydrogen-bond acceptors (Lipinski definition) is 5. The molecule has 1 aliphatic carbocycles. The van der Waals surface area contributed by atoms with Crippen LogP contribution < -0.4 is 10.0 Å². The van der Waals surface area contributed by atoms with Gasteiger partial charge in [0.2, 0.25) is 10.0 Å². The van der Waals surface area contributed by atoms with Crippen LogP contribution in [0, 0.1) is 22.0 Å². The maximum absolute atomic E-state index is 12.3. The number of nitrogens with one attached hydrogen (secondary N) is 2. The van der Waals surface area contributed by atoms with E-state index < -0.39 is 14.9 Å². The van der Waals surface area contributed by atoms with Crippen LogP contribution in [-0.4, -0.2) is 32.5 Å². The van der Waals surface area contributed by atoms with Gasteiger partial charge in [0.25, 0.3) is 5.69 Å². The summed E-state index contributed by atoms with van der Waals surface area (Å²) in [4.78, 5) is 9.83. The first-order valence-electron chi connectivity index (χ1n) is 6.07. The molecule has 1 aromatic carbocycles. The molecule has 2 fully saturated rings. The normalized spacial score (nSPS) is 28.1. The zero-order valence-corrected chi connectivity index (χ0v) is 11.8. The van der Waals surface area contributed by atoms with Crippen LogP contribution in [0.3, 0.4) is 0 Å². The lowest BCUT2D eigenvalue weighted by molar-refractivity contribution is -0.385. The van der Waals surface area contributed by atoms with Crippen LogP contribution in [0.1, 0.15) is 0 Å². The number of non-ortho nitro benzene ring substituents is 1. The quantitative estimate of drug-likeness (QED) is 0.630. The first-order valence-corrected chi connectivity index (χ1v) is 7.93. The van der Waals surface area contributed by atoms with Crippen molar-refractivity contribution in [3.05, 3.63) is 33.3 Å². The molecule has 1 aromatic rings. The molecule has 3 rings (SSSR count). The molecule has 1 heterocycles. The van der Waals surface area contributed by atoms with Crippen molar-refractivity contribution in [2.75, 3.05) is 13.1 Å². The number of piperidine rings is 1. The highest BCUT2D eigenvalue weighted by molar-refractivity contribution is 7.89. The minimum Gasteiger partial charge on any atom is -0.316 e. The minimum atomic E-state index is -3.84. The zero-order chi connectivity index (χ0) is 14.5. The third-order valence-corrected chi connectivity index (χ3v) is 5.74. The molecule has 108 valence electrons. The van der Waals surface area contributed by atoms with Crippen LogP contribution >= 0.6 is 11.6 Å². The SMILES string of the molecule is O=[N+]([O-])c1ccc(Cl)c(S(=O)(=O)NC2C3CNCC32)c1. The van der Waals surface area contributed by atoms with E-state index in [2.05, 4.69) is 10.0 Å². The highest BCUT2D eigenvalue weighted by Crippen LogP contribution is 2.42. The maximum atomic E-state index is 12.3. The molecule has 0 radical (unpaired) electrons. The summed E-state index contributed by atoms with van der Waals surface area (Å²) in [5.41, 5.74) is -0.299. The number of sulfonamides is 1. The highest BCUT2D eigenvalue weighted by atomic mass is 35.5. The van der Waals surface area contributed by atoms with Crippen molar-refractivity contribution >= 4 is 27.3 Å². The van der Waals surface area contributed by atoms with Gasteiger partial charge in [-0.1, -0.05) is 11.6 Å². The Morgan fingerprint density at radius 1 is 1.35 bits per heavy atom. The maximum Gasteiger partial charge on any atom is 0.270 e. The molecule has 20 heavy (non-hydrogen) atoms. The van der Waals surface area contributed by atoms with Gasteiger partial charge in [0.05, 0.1) is 9.95 Å². The number of nitrogens with zero attached hydrogens (tertiary/aromatic N) is 1. The van der Waals surface area contributed by atoms with E-state index in [1.165, 1.54) is 12.1 Å². The third-order valence-electron chi connectivity index (χ3n) is 3.80. The van der Waals surface area contributed by atoms with E-state index in [0.29, 0.717) is 11.8 Å². The molecule has 2 aliphatic rings. The molecule has 0 aromatic heterocycles. The predicted octanol–water partition coefficient (Wildman–Crippen LogP) is 0.744. The summed E-state index contributed by atoms with van der Waals surface area (Å²) in [6.45, 7) is 1.58. The van der Waals surface area contributed by atoms with Crippen LogP contribution in [0.15, 0.2) is 23.1 Å². The summed E-state index contributed by atoms with van der Waals surface area (Å²) in [5, 5.41) is 13.9. The van der Waals surface area contributed by atoms with Gasteiger partial charge < -0.3 is 5.32 Å². The zero-order valence-electron chi connectivity index (χ0n) is 10.2. The molecular weight excluding hydrogens is 306 g/mol. The van der Waals surface area contributed by atoms with E-state index in [4.69, 9.17) is 11.6 Å². The van der Waals surface area contributed by atoms with Gasteiger partial charge in [-0.2, -0.15) is 0 Å². The molecule has 1 saturated carbocycles. The Kier molecular flexibility index (Phi) is 3.20. The molecule has 2 N–H and O–H groups in total. The Labute approximate surface area is 120 Å². The molecule has 0 spiro atoms. The van der Waals surface area contributed by atoms with Gasteiger partial charge in [-0.3, -0.25) is 10.1 Å². The van der Waals surface area contributed by atoms with Crippen LogP contribution in [0.5, 0.6) is 0 Å². The summed E-state index contributed by atoms with van der Waals surface area (Å²) >= 11 is 5.86. The van der Waals surface area contributed by atoms with Crippen molar-refractivity contribution in [3.63, 3.8) is 0 Å². The second-order valence-electron chi connectivity index (χ2n) is 5.00. The largest absolute Gasteiger partial charge is 0.316 e. The fraction of sp³-hybridized carbons (Fsp3) is 0.455. The number of benzene rings is 1. The Hall–Kier alpha value is -1.22. The van der Waals surface area contributed by atoms with Crippen molar-refractivity contribution in [3.8, 4) is 0 Å².